The molecule has 0 aromatic rings. The molecule has 34 heavy (non-hydrogen) atoms. The molecular weight excluding hydrogens is 416 g/mol. The highest BCUT2D eigenvalue weighted by atomic mass is 16.1. The first-order chi connectivity index (χ1) is 16.1. The van der Waals surface area contributed by atoms with Crippen molar-refractivity contribution >= 4 is 5.78 Å². The maximum absolute atomic E-state index is 12.2. The molecule has 1 aliphatic rings. The van der Waals surface area contributed by atoms with Crippen molar-refractivity contribution < 1.29 is 4.79 Å². The van der Waals surface area contributed by atoms with E-state index in [9.17, 15) is 4.79 Å². The number of hydrogen-bond donors (Lipinski definition) is 0. The van der Waals surface area contributed by atoms with E-state index < -0.39 is 0 Å². The van der Waals surface area contributed by atoms with Gasteiger partial charge in [0.15, 0.2) is 0 Å². The van der Waals surface area contributed by atoms with E-state index in [2.05, 4.69) is 88.6 Å². The Balaban J connectivity index is 2.39. The molecule has 0 amide bonds. The van der Waals surface area contributed by atoms with Crippen LogP contribution >= 0.6 is 0 Å². The quantitative estimate of drug-likeness (QED) is 0.244. The highest BCUT2D eigenvalue weighted by Crippen LogP contribution is 2.15. The Morgan fingerprint density at radius 1 is 0.647 bits per heavy atom. The fourth-order valence-electron chi connectivity index (χ4n) is 4.22. The van der Waals surface area contributed by atoms with Gasteiger partial charge in [0.25, 0.3) is 0 Å². The molecule has 0 aromatic carbocycles. The molecule has 1 fully saturated rings. The first kappa shape index (κ1) is 30.3. The van der Waals surface area contributed by atoms with Gasteiger partial charge >= 0.3 is 0 Å². The van der Waals surface area contributed by atoms with Gasteiger partial charge in [-0.15, -0.1) is 0 Å². The monoisotopic (exact) mass is 468 g/mol. The van der Waals surface area contributed by atoms with Crippen LogP contribution in [0.25, 0.3) is 0 Å². The number of piperazine rings is 1. The van der Waals surface area contributed by atoms with Crippen molar-refractivity contribution in [2.45, 2.75) is 100.0 Å². The smallest absolute Gasteiger partial charge is 0.148 e. The second-order valence-corrected chi connectivity index (χ2v) is 10.7. The van der Waals surface area contributed by atoms with E-state index in [1.165, 1.54) is 34.3 Å². The van der Waals surface area contributed by atoms with E-state index in [0.29, 0.717) is 0 Å². The van der Waals surface area contributed by atoms with Gasteiger partial charge in [-0.2, -0.15) is 0 Å². The van der Waals surface area contributed by atoms with Crippen molar-refractivity contribution in [3.05, 3.63) is 58.2 Å². The maximum atomic E-state index is 12.2. The fraction of sp³-hybridized carbons (Fsp3) is 0.645. The third kappa shape index (κ3) is 13.9. The van der Waals surface area contributed by atoms with Crippen molar-refractivity contribution in [3.63, 3.8) is 0 Å². The standard InChI is InChI=1S/C31H52N2O/c1-25(2)12-9-13-27(5)14-10-15-28(6)16-11-17-29(7)19-20-32-22-23-33(21-18-26(3)4)31(24-32)30(8)34/h12,14,16,18-19,31H,9-11,13,15,17,20-24H2,1-8H3/b27-14+,28-16+,29-19+. The van der Waals surface area contributed by atoms with Gasteiger partial charge in [0.1, 0.15) is 5.78 Å². The average Bonchev–Trinajstić information content (AvgIpc) is 2.76. The first-order valence-electron chi connectivity index (χ1n) is 13.3. The summed E-state index contributed by atoms with van der Waals surface area (Å²) in [7, 11) is 0. The molecule has 0 N–H and O–H groups in total. The Kier molecular flexibility index (Phi) is 15.0. The van der Waals surface area contributed by atoms with Crippen LogP contribution in [0, 0.1) is 0 Å². The molecule has 0 radical (unpaired) electrons. The molecule has 0 aliphatic carbocycles. The van der Waals surface area contributed by atoms with Crippen LogP contribution < -0.4 is 0 Å². The van der Waals surface area contributed by atoms with Crippen LogP contribution in [0.2, 0.25) is 0 Å². The zero-order valence-corrected chi connectivity index (χ0v) is 23.5. The molecule has 1 unspecified atom stereocenters. The Labute approximate surface area is 211 Å². The molecule has 192 valence electrons. The van der Waals surface area contributed by atoms with Crippen molar-refractivity contribution in [1.82, 2.24) is 9.80 Å². The lowest BCUT2D eigenvalue weighted by Gasteiger charge is -2.39. The molecule has 1 atom stereocenters. The largest absolute Gasteiger partial charge is 0.298 e. The second-order valence-electron chi connectivity index (χ2n) is 10.7. The second kappa shape index (κ2) is 16.8. The van der Waals surface area contributed by atoms with E-state index in [1.54, 1.807) is 6.92 Å². The summed E-state index contributed by atoms with van der Waals surface area (Å²) in [6.45, 7) is 21.8. The van der Waals surface area contributed by atoms with Gasteiger partial charge in [0.05, 0.1) is 6.04 Å². The van der Waals surface area contributed by atoms with Gasteiger partial charge in [0.2, 0.25) is 0 Å². The summed E-state index contributed by atoms with van der Waals surface area (Å²) >= 11 is 0. The third-order valence-electron chi connectivity index (χ3n) is 6.63. The minimum atomic E-state index is 0.0218. The van der Waals surface area contributed by atoms with Gasteiger partial charge in [-0.3, -0.25) is 14.6 Å². The van der Waals surface area contributed by atoms with Gasteiger partial charge in [0, 0.05) is 32.7 Å². The Morgan fingerprint density at radius 3 is 1.65 bits per heavy atom. The first-order valence-corrected chi connectivity index (χ1v) is 13.3. The minimum Gasteiger partial charge on any atom is -0.298 e. The summed E-state index contributed by atoms with van der Waals surface area (Å²) < 4.78 is 0. The van der Waals surface area contributed by atoms with E-state index in [1.807, 2.05) is 0 Å². The van der Waals surface area contributed by atoms with Crippen LogP contribution in [0.3, 0.4) is 0 Å². The van der Waals surface area contributed by atoms with Crippen molar-refractivity contribution in [3.8, 4) is 0 Å². The predicted octanol–water partition coefficient (Wildman–Crippen LogP) is 7.67. The summed E-state index contributed by atoms with van der Waals surface area (Å²) in [5, 5.41) is 0. The highest BCUT2D eigenvalue weighted by molar-refractivity contribution is 5.81. The number of rotatable bonds is 14. The summed E-state index contributed by atoms with van der Waals surface area (Å²) in [6.07, 6.45) is 18.6. The molecule has 0 saturated carbocycles. The van der Waals surface area contributed by atoms with E-state index in [-0.39, 0.29) is 11.8 Å². The lowest BCUT2D eigenvalue weighted by Crippen LogP contribution is -2.55. The van der Waals surface area contributed by atoms with Crippen molar-refractivity contribution in [1.29, 1.82) is 0 Å². The molecule has 0 spiro atoms. The van der Waals surface area contributed by atoms with Crippen LogP contribution in [0.4, 0.5) is 0 Å². The molecule has 1 rings (SSSR count). The number of carbonyl (C=O) groups is 1. The van der Waals surface area contributed by atoms with Crippen LogP contribution in [0.15, 0.2) is 58.2 Å². The molecule has 0 aromatic heterocycles. The summed E-state index contributed by atoms with van der Waals surface area (Å²) in [5.41, 5.74) is 7.18. The Hall–Kier alpha value is -1.71. The molecule has 1 heterocycles. The van der Waals surface area contributed by atoms with Crippen molar-refractivity contribution in [2.75, 3.05) is 32.7 Å². The van der Waals surface area contributed by atoms with Gasteiger partial charge in [-0.05, 0) is 93.9 Å². The molecule has 3 nitrogen and oxygen atoms in total. The molecule has 1 saturated heterocycles. The Bertz CT molecular complexity index is 773. The van der Waals surface area contributed by atoms with Gasteiger partial charge in [-0.1, -0.05) is 58.2 Å². The normalized spacial score (nSPS) is 18.7. The number of ketones is 1. The number of Topliss-reactive ketones (excluding diaryl/α,β-unsaturated/α-hetero) is 1. The summed E-state index contributed by atoms with van der Waals surface area (Å²) in [6, 6.07) is 0.0218. The predicted molar refractivity (Wildman–Crippen MR) is 150 cm³/mol. The number of hydrogen-bond acceptors (Lipinski definition) is 3. The minimum absolute atomic E-state index is 0.0218. The fourth-order valence-corrected chi connectivity index (χ4v) is 4.22. The van der Waals surface area contributed by atoms with Crippen LogP contribution in [0.5, 0.6) is 0 Å². The molecule has 3 heteroatoms. The van der Waals surface area contributed by atoms with Crippen LogP contribution in [-0.4, -0.2) is 54.3 Å². The lowest BCUT2D eigenvalue weighted by atomic mass is 10.0. The highest BCUT2D eigenvalue weighted by Gasteiger charge is 2.28. The number of nitrogens with zero attached hydrogens (tertiary/aromatic N) is 2. The number of carbonyl (C=O) groups excluding carboxylic acids is 1. The summed E-state index contributed by atoms with van der Waals surface area (Å²) in [4.78, 5) is 17.0. The van der Waals surface area contributed by atoms with Gasteiger partial charge in [-0.25, -0.2) is 0 Å². The lowest BCUT2D eigenvalue weighted by molar-refractivity contribution is -0.124. The Morgan fingerprint density at radius 2 is 1.15 bits per heavy atom. The van der Waals surface area contributed by atoms with Crippen LogP contribution in [-0.2, 0) is 4.79 Å². The maximum Gasteiger partial charge on any atom is 0.148 e. The van der Waals surface area contributed by atoms with E-state index in [0.717, 1.165) is 64.8 Å². The van der Waals surface area contributed by atoms with E-state index >= 15 is 0 Å². The third-order valence-corrected chi connectivity index (χ3v) is 6.63. The van der Waals surface area contributed by atoms with Crippen molar-refractivity contribution in [2.24, 2.45) is 0 Å². The molecule has 0 bridgehead atoms. The zero-order chi connectivity index (χ0) is 25.5. The van der Waals surface area contributed by atoms with Crippen LogP contribution in [0.1, 0.15) is 93.9 Å². The molecular formula is C31H52N2O. The SMILES string of the molecule is CC(=O)C1CN(C/C=C(\C)CC/C=C(\C)CC/C=C(\C)CCC=C(C)C)CCN1CC=C(C)C. The summed E-state index contributed by atoms with van der Waals surface area (Å²) in [5.74, 6) is 0.283. The average molecular weight is 469 g/mol. The topological polar surface area (TPSA) is 23.6 Å². The van der Waals surface area contributed by atoms with Gasteiger partial charge < -0.3 is 0 Å². The molecule has 1 aliphatic heterocycles. The van der Waals surface area contributed by atoms with E-state index in [4.69, 9.17) is 0 Å². The number of allylic oxidation sites excluding steroid dienone is 8. The zero-order valence-electron chi connectivity index (χ0n) is 23.5.